The summed E-state index contributed by atoms with van der Waals surface area (Å²) in [6, 6.07) is 5.83. The Labute approximate surface area is 102 Å². The molecule has 1 aromatic rings. The Kier molecular flexibility index (Phi) is 4.53. The molecule has 0 spiro atoms. The van der Waals surface area contributed by atoms with Gasteiger partial charge in [0, 0.05) is 19.4 Å². The van der Waals surface area contributed by atoms with Crippen LogP contribution in [0.15, 0.2) is 23.1 Å². The zero-order valence-corrected chi connectivity index (χ0v) is 11.2. The van der Waals surface area contributed by atoms with Gasteiger partial charge < -0.3 is 10.8 Å². The number of nitrogen functional groups attached to an aromatic ring is 1. The summed E-state index contributed by atoms with van der Waals surface area (Å²) in [5, 5.41) is 9.58. The first kappa shape index (κ1) is 12.1. The highest BCUT2D eigenvalue weighted by atomic mass is 127. The lowest BCUT2D eigenvalue weighted by atomic mass is 10.3. The minimum absolute atomic E-state index is 0.201. The number of thioether (sulfide) groups is 1. The molecule has 0 amide bonds. The van der Waals surface area contributed by atoms with Crippen LogP contribution in [-0.4, -0.2) is 16.5 Å². The molecule has 1 rings (SSSR count). The van der Waals surface area contributed by atoms with Crippen LogP contribution in [0.1, 0.15) is 13.8 Å². The van der Waals surface area contributed by atoms with Gasteiger partial charge in [-0.2, -0.15) is 0 Å². The Morgan fingerprint density at radius 2 is 2.07 bits per heavy atom. The zero-order valence-electron chi connectivity index (χ0n) is 8.20. The monoisotopic (exact) mass is 323 g/mol. The van der Waals surface area contributed by atoms with Gasteiger partial charge in [-0.3, -0.25) is 0 Å². The highest BCUT2D eigenvalue weighted by Crippen LogP contribution is 2.30. The van der Waals surface area contributed by atoms with E-state index in [9.17, 15) is 5.11 Å². The van der Waals surface area contributed by atoms with Gasteiger partial charge in [-0.15, -0.1) is 11.8 Å². The lowest BCUT2D eigenvalue weighted by molar-refractivity contribution is 0.196. The first-order valence-corrected chi connectivity index (χ1v) is 6.36. The number of aliphatic hydroxyl groups excluding tert-OH is 1. The number of nitrogens with two attached hydrogens (primary N) is 1. The normalized spacial score (nSPS) is 15.1. The van der Waals surface area contributed by atoms with E-state index in [0.717, 1.165) is 9.26 Å². The van der Waals surface area contributed by atoms with E-state index in [1.165, 1.54) is 4.90 Å². The molecule has 2 unspecified atom stereocenters. The molecule has 78 valence electrons. The van der Waals surface area contributed by atoms with E-state index in [2.05, 4.69) is 22.6 Å². The molecule has 0 aliphatic carbocycles. The maximum atomic E-state index is 9.38. The van der Waals surface area contributed by atoms with E-state index < -0.39 is 0 Å². The molecule has 0 bridgehead atoms. The van der Waals surface area contributed by atoms with E-state index in [1.54, 1.807) is 11.8 Å². The molecule has 0 aromatic heterocycles. The molecule has 2 nitrogen and oxygen atoms in total. The Hall–Kier alpha value is 0.0600. The molecule has 3 N–H and O–H groups in total. The fraction of sp³-hybridized carbons (Fsp3) is 0.400. The summed E-state index contributed by atoms with van der Waals surface area (Å²) in [6.07, 6.45) is -0.298. The SMILES string of the molecule is CC(O)C(C)Sc1ccc(N)cc1I. The van der Waals surface area contributed by atoms with E-state index in [-0.39, 0.29) is 11.4 Å². The van der Waals surface area contributed by atoms with Gasteiger partial charge in [-0.05, 0) is 47.7 Å². The largest absolute Gasteiger partial charge is 0.399 e. The minimum atomic E-state index is -0.298. The van der Waals surface area contributed by atoms with Gasteiger partial charge in [-0.1, -0.05) is 6.92 Å². The van der Waals surface area contributed by atoms with Crippen molar-refractivity contribution >= 4 is 40.0 Å². The summed E-state index contributed by atoms with van der Waals surface area (Å²) >= 11 is 3.93. The average Bonchev–Trinajstić information content (AvgIpc) is 2.09. The maximum Gasteiger partial charge on any atom is 0.0631 e. The Morgan fingerprint density at radius 1 is 1.43 bits per heavy atom. The third-order valence-corrected chi connectivity index (χ3v) is 4.58. The molecule has 0 radical (unpaired) electrons. The standard InChI is InChI=1S/C10H14INOS/c1-6(13)7(2)14-10-4-3-8(12)5-9(10)11/h3-7,13H,12H2,1-2H3. The molecule has 0 saturated heterocycles. The molecular formula is C10H14INOS. The molecule has 0 aliphatic heterocycles. The Morgan fingerprint density at radius 3 is 2.57 bits per heavy atom. The van der Waals surface area contributed by atoms with Crippen molar-refractivity contribution in [1.29, 1.82) is 0 Å². The van der Waals surface area contributed by atoms with Crippen LogP contribution in [0.3, 0.4) is 0 Å². The molecule has 0 saturated carbocycles. The van der Waals surface area contributed by atoms with Gasteiger partial charge in [0.05, 0.1) is 6.10 Å². The number of hydrogen-bond acceptors (Lipinski definition) is 3. The quantitative estimate of drug-likeness (QED) is 0.511. The lowest BCUT2D eigenvalue weighted by Crippen LogP contribution is -2.15. The minimum Gasteiger partial charge on any atom is -0.399 e. The van der Waals surface area contributed by atoms with Crippen LogP contribution in [0.5, 0.6) is 0 Å². The number of benzene rings is 1. The van der Waals surface area contributed by atoms with Crippen molar-refractivity contribution in [3.05, 3.63) is 21.8 Å². The van der Waals surface area contributed by atoms with E-state index in [1.807, 2.05) is 32.0 Å². The second kappa shape index (κ2) is 5.23. The van der Waals surface area contributed by atoms with Crippen molar-refractivity contribution in [2.75, 3.05) is 5.73 Å². The summed E-state index contributed by atoms with van der Waals surface area (Å²) in [7, 11) is 0. The van der Waals surface area contributed by atoms with Gasteiger partial charge in [0.1, 0.15) is 0 Å². The van der Waals surface area contributed by atoms with Crippen molar-refractivity contribution in [3.63, 3.8) is 0 Å². The Balaban J connectivity index is 2.77. The van der Waals surface area contributed by atoms with Crippen molar-refractivity contribution in [2.45, 2.75) is 30.1 Å². The second-order valence-corrected chi connectivity index (χ2v) is 5.83. The number of halogens is 1. The van der Waals surface area contributed by atoms with Gasteiger partial charge >= 0.3 is 0 Å². The number of hydrogen-bond donors (Lipinski definition) is 2. The Bertz CT molecular complexity index is 317. The molecular weight excluding hydrogens is 309 g/mol. The lowest BCUT2D eigenvalue weighted by Gasteiger charge is -2.15. The van der Waals surface area contributed by atoms with Crippen molar-refractivity contribution in [1.82, 2.24) is 0 Å². The zero-order chi connectivity index (χ0) is 10.7. The topological polar surface area (TPSA) is 46.2 Å². The van der Waals surface area contributed by atoms with Gasteiger partial charge in [0.25, 0.3) is 0 Å². The van der Waals surface area contributed by atoms with E-state index in [4.69, 9.17) is 5.73 Å². The van der Waals surface area contributed by atoms with E-state index >= 15 is 0 Å². The van der Waals surface area contributed by atoms with Crippen LogP contribution >= 0.6 is 34.4 Å². The molecule has 0 fully saturated rings. The summed E-state index contributed by atoms with van der Waals surface area (Å²) in [5.41, 5.74) is 6.44. The fourth-order valence-electron chi connectivity index (χ4n) is 0.911. The van der Waals surface area contributed by atoms with Crippen LogP contribution in [0.2, 0.25) is 0 Å². The maximum absolute atomic E-state index is 9.38. The molecule has 0 aliphatic rings. The first-order valence-electron chi connectivity index (χ1n) is 4.40. The highest BCUT2D eigenvalue weighted by molar-refractivity contribution is 14.1. The molecule has 0 heterocycles. The predicted molar refractivity (Wildman–Crippen MR) is 70.6 cm³/mol. The third-order valence-electron chi connectivity index (χ3n) is 1.95. The van der Waals surface area contributed by atoms with Crippen LogP contribution in [0.25, 0.3) is 0 Å². The van der Waals surface area contributed by atoms with Crippen molar-refractivity contribution in [2.24, 2.45) is 0 Å². The summed E-state index contributed by atoms with van der Waals surface area (Å²) in [5.74, 6) is 0. The van der Waals surface area contributed by atoms with E-state index in [0.29, 0.717) is 0 Å². The highest BCUT2D eigenvalue weighted by Gasteiger charge is 2.12. The molecule has 4 heteroatoms. The van der Waals surface area contributed by atoms with Crippen LogP contribution in [0, 0.1) is 3.57 Å². The number of rotatable bonds is 3. The van der Waals surface area contributed by atoms with Crippen LogP contribution in [0.4, 0.5) is 5.69 Å². The van der Waals surface area contributed by atoms with Gasteiger partial charge in [0.2, 0.25) is 0 Å². The number of anilines is 1. The van der Waals surface area contributed by atoms with Crippen LogP contribution in [-0.2, 0) is 0 Å². The smallest absolute Gasteiger partial charge is 0.0631 e. The number of aliphatic hydroxyl groups is 1. The average molecular weight is 323 g/mol. The predicted octanol–water partition coefficient (Wildman–Crippen LogP) is 2.73. The van der Waals surface area contributed by atoms with Gasteiger partial charge in [-0.25, -0.2) is 0 Å². The molecule has 14 heavy (non-hydrogen) atoms. The second-order valence-electron chi connectivity index (χ2n) is 3.25. The van der Waals surface area contributed by atoms with Crippen molar-refractivity contribution < 1.29 is 5.11 Å². The van der Waals surface area contributed by atoms with Crippen LogP contribution < -0.4 is 5.73 Å². The van der Waals surface area contributed by atoms with Gasteiger partial charge in [0.15, 0.2) is 0 Å². The summed E-state index contributed by atoms with van der Waals surface area (Å²) in [6.45, 7) is 3.82. The van der Waals surface area contributed by atoms with Crippen molar-refractivity contribution in [3.8, 4) is 0 Å². The molecule has 2 atom stereocenters. The summed E-state index contributed by atoms with van der Waals surface area (Å²) in [4.78, 5) is 1.17. The summed E-state index contributed by atoms with van der Waals surface area (Å²) < 4.78 is 1.14. The first-order chi connectivity index (χ1) is 6.50. The third kappa shape index (κ3) is 3.33. The fourth-order valence-corrected chi connectivity index (χ4v) is 2.75. The molecule has 1 aromatic carbocycles.